The Balaban J connectivity index is 1.68. The summed E-state index contributed by atoms with van der Waals surface area (Å²) in [6, 6.07) is 14.2. The van der Waals surface area contributed by atoms with Gasteiger partial charge < -0.3 is 14.2 Å². The van der Waals surface area contributed by atoms with Crippen molar-refractivity contribution in [3.05, 3.63) is 53.0 Å². The molecule has 0 saturated carbocycles. The van der Waals surface area contributed by atoms with Crippen LogP contribution in [0.15, 0.2) is 53.0 Å². The molecule has 0 N–H and O–H groups in total. The minimum atomic E-state index is -0.756. The first-order valence-electron chi connectivity index (χ1n) is 6.08. The van der Waals surface area contributed by atoms with Crippen LogP contribution in [0.2, 0.25) is 0 Å². The van der Waals surface area contributed by atoms with Crippen LogP contribution < -0.4 is 14.2 Å². The second-order valence-electron chi connectivity index (χ2n) is 4.24. The molecular weight excluding hydrogens is 324 g/mol. The Morgan fingerprint density at radius 2 is 1.80 bits per heavy atom. The van der Waals surface area contributed by atoms with Crippen LogP contribution in [-0.2, 0) is 4.79 Å². The SMILES string of the molecule is O=C(Oc1ccc(Br)cc1)[C@H]1COc2ccccc2O1. The monoisotopic (exact) mass is 334 g/mol. The molecule has 0 saturated heterocycles. The average molecular weight is 335 g/mol. The lowest BCUT2D eigenvalue weighted by atomic mass is 10.2. The molecule has 20 heavy (non-hydrogen) atoms. The molecule has 1 aliphatic rings. The lowest BCUT2D eigenvalue weighted by Crippen LogP contribution is -2.39. The summed E-state index contributed by atoms with van der Waals surface area (Å²) in [6.45, 7) is 0.145. The van der Waals surface area contributed by atoms with E-state index in [1.807, 2.05) is 12.1 Å². The van der Waals surface area contributed by atoms with Gasteiger partial charge in [0.05, 0.1) is 0 Å². The van der Waals surface area contributed by atoms with E-state index in [0.717, 1.165) is 4.47 Å². The lowest BCUT2D eigenvalue weighted by Gasteiger charge is -2.24. The van der Waals surface area contributed by atoms with E-state index in [2.05, 4.69) is 15.9 Å². The molecule has 5 heteroatoms. The molecule has 1 heterocycles. The predicted molar refractivity (Wildman–Crippen MR) is 76.1 cm³/mol. The number of hydrogen-bond acceptors (Lipinski definition) is 4. The van der Waals surface area contributed by atoms with E-state index < -0.39 is 12.1 Å². The van der Waals surface area contributed by atoms with Crippen LogP contribution in [0.5, 0.6) is 17.2 Å². The Morgan fingerprint density at radius 3 is 2.55 bits per heavy atom. The normalized spacial score (nSPS) is 16.6. The molecule has 0 radical (unpaired) electrons. The number of carbonyl (C=O) groups is 1. The molecule has 0 aromatic heterocycles. The number of carbonyl (C=O) groups excluding carboxylic acids is 1. The number of hydrogen-bond donors (Lipinski definition) is 0. The van der Waals surface area contributed by atoms with Crippen molar-refractivity contribution in [3.8, 4) is 17.2 Å². The van der Waals surface area contributed by atoms with Gasteiger partial charge in [-0.25, -0.2) is 4.79 Å². The molecule has 0 bridgehead atoms. The van der Waals surface area contributed by atoms with Gasteiger partial charge in [-0.1, -0.05) is 28.1 Å². The molecule has 0 spiro atoms. The number of benzene rings is 2. The van der Waals surface area contributed by atoms with Crippen molar-refractivity contribution >= 4 is 21.9 Å². The largest absolute Gasteiger partial charge is 0.485 e. The fourth-order valence-electron chi connectivity index (χ4n) is 1.82. The third-order valence-electron chi connectivity index (χ3n) is 2.80. The zero-order valence-electron chi connectivity index (χ0n) is 10.4. The number of esters is 1. The van der Waals surface area contributed by atoms with Crippen molar-refractivity contribution in [2.45, 2.75) is 6.10 Å². The Morgan fingerprint density at radius 1 is 1.10 bits per heavy atom. The first-order chi connectivity index (χ1) is 9.72. The molecule has 1 atom stereocenters. The zero-order valence-corrected chi connectivity index (χ0v) is 12.0. The topological polar surface area (TPSA) is 44.8 Å². The number of ether oxygens (including phenoxy) is 3. The third-order valence-corrected chi connectivity index (χ3v) is 3.33. The van der Waals surface area contributed by atoms with E-state index in [-0.39, 0.29) is 6.61 Å². The number of halogens is 1. The molecule has 4 nitrogen and oxygen atoms in total. The molecule has 0 amide bonds. The van der Waals surface area contributed by atoms with Gasteiger partial charge >= 0.3 is 5.97 Å². The van der Waals surface area contributed by atoms with Gasteiger partial charge in [-0.05, 0) is 36.4 Å². The summed E-state index contributed by atoms with van der Waals surface area (Å²) >= 11 is 3.32. The summed E-state index contributed by atoms with van der Waals surface area (Å²) in [5.41, 5.74) is 0. The summed E-state index contributed by atoms with van der Waals surface area (Å²) in [6.07, 6.45) is -0.756. The quantitative estimate of drug-likeness (QED) is 0.625. The van der Waals surface area contributed by atoms with Gasteiger partial charge in [0, 0.05) is 4.47 Å². The van der Waals surface area contributed by atoms with E-state index in [4.69, 9.17) is 14.2 Å². The maximum atomic E-state index is 12.0. The van der Waals surface area contributed by atoms with E-state index in [1.54, 1.807) is 36.4 Å². The molecular formula is C15H11BrO4. The minimum Gasteiger partial charge on any atom is -0.485 e. The summed E-state index contributed by atoms with van der Waals surface area (Å²) in [5.74, 6) is 1.19. The molecule has 102 valence electrons. The second-order valence-corrected chi connectivity index (χ2v) is 5.15. The molecule has 2 aromatic carbocycles. The first kappa shape index (κ1) is 13.0. The molecule has 3 rings (SSSR count). The Labute approximate surface area is 124 Å². The van der Waals surface area contributed by atoms with Crippen LogP contribution in [0.25, 0.3) is 0 Å². The Kier molecular flexibility index (Phi) is 3.60. The molecule has 0 aliphatic carbocycles. The maximum Gasteiger partial charge on any atom is 0.356 e. The fourth-order valence-corrected chi connectivity index (χ4v) is 2.08. The summed E-state index contributed by atoms with van der Waals surface area (Å²) in [5, 5.41) is 0. The van der Waals surface area contributed by atoms with E-state index >= 15 is 0 Å². The van der Waals surface area contributed by atoms with E-state index in [1.165, 1.54) is 0 Å². The number of para-hydroxylation sites is 2. The van der Waals surface area contributed by atoms with Crippen molar-refractivity contribution in [1.82, 2.24) is 0 Å². The highest BCUT2D eigenvalue weighted by Crippen LogP contribution is 2.31. The molecule has 2 aromatic rings. The summed E-state index contributed by atoms with van der Waals surface area (Å²) < 4.78 is 17.2. The van der Waals surface area contributed by atoms with E-state index in [9.17, 15) is 4.79 Å². The van der Waals surface area contributed by atoms with Gasteiger partial charge in [-0.2, -0.15) is 0 Å². The standard InChI is InChI=1S/C15H11BrO4/c16-10-5-7-11(8-6-10)19-15(17)14-9-18-12-3-1-2-4-13(12)20-14/h1-8,14H,9H2/t14-/m1/s1. The molecule has 1 aliphatic heterocycles. The minimum absolute atomic E-state index is 0.145. The Hall–Kier alpha value is -2.01. The summed E-state index contributed by atoms with van der Waals surface area (Å²) in [7, 11) is 0. The lowest BCUT2D eigenvalue weighted by molar-refractivity contribution is -0.144. The van der Waals surface area contributed by atoms with Crippen molar-refractivity contribution in [2.75, 3.05) is 6.61 Å². The van der Waals surface area contributed by atoms with Crippen LogP contribution in [0.4, 0.5) is 0 Å². The van der Waals surface area contributed by atoms with Gasteiger partial charge in [0.1, 0.15) is 12.4 Å². The van der Waals surface area contributed by atoms with Crippen LogP contribution in [0.1, 0.15) is 0 Å². The maximum absolute atomic E-state index is 12.0. The molecule has 0 fully saturated rings. The van der Waals surface area contributed by atoms with Crippen LogP contribution in [-0.4, -0.2) is 18.7 Å². The summed E-state index contributed by atoms with van der Waals surface area (Å²) in [4.78, 5) is 12.0. The highest BCUT2D eigenvalue weighted by molar-refractivity contribution is 9.10. The van der Waals surface area contributed by atoms with Crippen molar-refractivity contribution in [3.63, 3.8) is 0 Å². The zero-order chi connectivity index (χ0) is 13.9. The smallest absolute Gasteiger partial charge is 0.356 e. The van der Waals surface area contributed by atoms with Gasteiger partial charge in [0.25, 0.3) is 0 Å². The van der Waals surface area contributed by atoms with Gasteiger partial charge in [-0.15, -0.1) is 0 Å². The van der Waals surface area contributed by atoms with Crippen molar-refractivity contribution in [1.29, 1.82) is 0 Å². The van der Waals surface area contributed by atoms with Crippen molar-refractivity contribution in [2.24, 2.45) is 0 Å². The van der Waals surface area contributed by atoms with Crippen LogP contribution in [0, 0.1) is 0 Å². The highest BCUT2D eigenvalue weighted by Gasteiger charge is 2.29. The fraction of sp³-hybridized carbons (Fsp3) is 0.133. The highest BCUT2D eigenvalue weighted by atomic mass is 79.9. The molecule has 0 unspecified atom stereocenters. The van der Waals surface area contributed by atoms with Gasteiger partial charge in [-0.3, -0.25) is 0 Å². The third kappa shape index (κ3) is 2.77. The van der Waals surface area contributed by atoms with Crippen LogP contribution in [0.3, 0.4) is 0 Å². The number of rotatable bonds is 2. The van der Waals surface area contributed by atoms with Crippen molar-refractivity contribution < 1.29 is 19.0 Å². The van der Waals surface area contributed by atoms with Gasteiger partial charge in [0.15, 0.2) is 11.5 Å². The van der Waals surface area contributed by atoms with E-state index in [0.29, 0.717) is 17.2 Å². The number of fused-ring (bicyclic) bond motifs is 1. The van der Waals surface area contributed by atoms with Crippen LogP contribution >= 0.6 is 15.9 Å². The second kappa shape index (κ2) is 5.54. The Bertz CT molecular complexity index is 624. The average Bonchev–Trinajstić information content (AvgIpc) is 2.49. The van der Waals surface area contributed by atoms with Gasteiger partial charge in [0.2, 0.25) is 6.10 Å². The predicted octanol–water partition coefficient (Wildman–Crippen LogP) is 3.19. The first-order valence-corrected chi connectivity index (χ1v) is 6.87.